The number of carbonyl (C=O) groups is 3. The quantitative estimate of drug-likeness (QED) is 0.187. The van der Waals surface area contributed by atoms with Crippen LogP contribution in [0.4, 0.5) is 15.3 Å². The number of amides is 2. The van der Waals surface area contributed by atoms with Gasteiger partial charge in [-0.1, -0.05) is 29.8 Å². The summed E-state index contributed by atoms with van der Waals surface area (Å²) in [5, 5.41) is 11.6. The molecule has 0 fully saturated rings. The van der Waals surface area contributed by atoms with Gasteiger partial charge in [0.2, 0.25) is 0 Å². The molecule has 1 N–H and O–H groups in total. The number of aryl methyl sites for hydroxylation is 1. The van der Waals surface area contributed by atoms with Crippen molar-refractivity contribution in [3.63, 3.8) is 0 Å². The van der Waals surface area contributed by atoms with Gasteiger partial charge in [0.15, 0.2) is 0 Å². The highest BCUT2D eigenvalue weighted by atomic mass is 35.5. The summed E-state index contributed by atoms with van der Waals surface area (Å²) in [4.78, 5) is 41.8. The molecule has 0 saturated carbocycles. The average molecular weight is 681 g/mol. The van der Waals surface area contributed by atoms with Crippen molar-refractivity contribution in [2.24, 2.45) is 0 Å². The standard InChI is InChI=1S/C37H45ClN2O8/c1-36(2,3)47-34(43)39(7)31-17-16-29(21-30(31)33(42)45-8)46-28-15-13-23-12-14-27(19-25(23)20-28)40(35(44)48-37(4,5)6)22-32(41)24-10-9-11-26(38)18-24/h9-11,13,15-18,20-21,27,32,41H,12,14,19,22H2,1-8H3/t27-,32-/m0/s1. The maximum absolute atomic E-state index is 13.5. The molecule has 1 aliphatic rings. The van der Waals surface area contributed by atoms with E-state index in [1.807, 2.05) is 39.0 Å². The lowest BCUT2D eigenvalue weighted by atomic mass is 9.87. The van der Waals surface area contributed by atoms with Gasteiger partial charge in [0.25, 0.3) is 0 Å². The number of rotatable bonds is 8. The zero-order valence-corrected chi connectivity index (χ0v) is 29.6. The average Bonchev–Trinajstić information content (AvgIpc) is 3.00. The Bertz CT molecular complexity index is 1640. The van der Waals surface area contributed by atoms with E-state index < -0.39 is 35.5 Å². The van der Waals surface area contributed by atoms with Gasteiger partial charge >= 0.3 is 18.2 Å². The van der Waals surface area contributed by atoms with Crippen LogP contribution in [0.3, 0.4) is 0 Å². The minimum absolute atomic E-state index is 0.0336. The maximum Gasteiger partial charge on any atom is 0.414 e. The first-order valence-corrected chi connectivity index (χ1v) is 16.2. The van der Waals surface area contributed by atoms with Gasteiger partial charge < -0.3 is 29.0 Å². The van der Waals surface area contributed by atoms with Crippen LogP contribution in [0.1, 0.15) is 81.1 Å². The lowest BCUT2D eigenvalue weighted by molar-refractivity contribution is 0.00193. The summed E-state index contributed by atoms with van der Waals surface area (Å²) in [6, 6.07) is 17.3. The monoisotopic (exact) mass is 680 g/mol. The maximum atomic E-state index is 13.5. The van der Waals surface area contributed by atoms with Gasteiger partial charge in [-0.25, -0.2) is 14.4 Å². The second-order valence-electron chi connectivity index (χ2n) is 13.8. The van der Waals surface area contributed by atoms with Crippen molar-refractivity contribution in [2.75, 3.05) is 25.6 Å². The molecular formula is C37H45ClN2O8. The van der Waals surface area contributed by atoms with Gasteiger partial charge in [-0.2, -0.15) is 0 Å². The van der Waals surface area contributed by atoms with Crippen LogP contribution in [0.2, 0.25) is 5.02 Å². The molecule has 48 heavy (non-hydrogen) atoms. The highest BCUT2D eigenvalue weighted by Crippen LogP contribution is 2.34. The summed E-state index contributed by atoms with van der Waals surface area (Å²) in [7, 11) is 2.78. The zero-order chi connectivity index (χ0) is 35.4. The van der Waals surface area contributed by atoms with Crippen molar-refractivity contribution in [3.8, 4) is 11.5 Å². The lowest BCUT2D eigenvalue weighted by Gasteiger charge is -2.37. The molecule has 0 bridgehead atoms. The van der Waals surface area contributed by atoms with Crippen LogP contribution in [0.15, 0.2) is 60.7 Å². The number of methoxy groups -OCH3 is 1. The molecule has 3 aromatic carbocycles. The second-order valence-corrected chi connectivity index (χ2v) is 14.3. The fraction of sp³-hybridized carbons (Fsp3) is 0.432. The number of esters is 1. The Labute approximate surface area is 287 Å². The highest BCUT2D eigenvalue weighted by molar-refractivity contribution is 6.30. The molecule has 0 spiro atoms. The van der Waals surface area contributed by atoms with E-state index in [0.29, 0.717) is 47.0 Å². The first kappa shape index (κ1) is 36.6. The van der Waals surface area contributed by atoms with Crippen LogP contribution in [0, 0.1) is 0 Å². The number of fused-ring (bicyclic) bond motifs is 1. The minimum Gasteiger partial charge on any atom is -0.465 e. The number of halogens is 1. The topological polar surface area (TPSA) is 115 Å². The fourth-order valence-electron chi connectivity index (χ4n) is 5.45. The Kier molecular flexibility index (Phi) is 11.3. The molecule has 2 atom stereocenters. The fourth-order valence-corrected chi connectivity index (χ4v) is 5.65. The molecular weight excluding hydrogens is 636 g/mol. The van der Waals surface area contributed by atoms with E-state index in [9.17, 15) is 19.5 Å². The Morgan fingerprint density at radius 3 is 2.19 bits per heavy atom. The van der Waals surface area contributed by atoms with Gasteiger partial charge in [-0.05, 0) is 120 Å². The van der Waals surface area contributed by atoms with E-state index in [-0.39, 0.29) is 18.2 Å². The number of aliphatic hydroxyl groups is 1. The summed E-state index contributed by atoms with van der Waals surface area (Å²) >= 11 is 6.17. The highest BCUT2D eigenvalue weighted by Gasteiger charge is 2.33. The summed E-state index contributed by atoms with van der Waals surface area (Å²) in [5.74, 6) is 0.256. The van der Waals surface area contributed by atoms with Crippen LogP contribution < -0.4 is 9.64 Å². The Morgan fingerprint density at radius 2 is 1.54 bits per heavy atom. The third kappa shape index (κ3) is 9.64. The van der Waals surface area contributed by atoms with Gasteiger partial charge in [-0.3, -0.25) is 4.90 Å². The van der Waals surface area contributed by atoms with E-state index in [4.69, 9.17) is 30.5 Å². The number of hydrogen-bond acceptors (Lipinski definition) is 8. The first-order valence-electron chi connectivity index (χ1n) is 15.9. The predicted octanol–water partition coefficient (Wildman–Crippen LogP) is 8.12. The number of ether oxygens (including phenoxy) is 4. The summed E-state index contributed by atoms with van der Waals surface area (Å²) < 4.78 is 22.4. The first-order chi connectivity index (χ1) is 22.4. The SMILES string of the molecule is COC(=O)c1cc(Oc2ccc3c(c2)C[C@@H](N(C[C@H](O)c2cccc(Cl)c2)C(=O)OC(C)(C)C)CC3)ccc1N(C)C(=O)OC(C)(C)C. The minimum atomic E-state index is -0.964. The molecule has 2 amide bonds. The normalized spacial score (nSPS) is 15.1. The van der Waals surface area contributed by atoms with Crippen LogP contribution in [0.25, 0.3) is 0 Å². The smallest absolute Gasteiger partial charge is 0.414 e. The number of anilines is 1. The molecule has 11 heteroatoms. The number of nitrogens with zero attached hydrogens (tertiary/aromatic N) is 2. The lowest BCUT2D eigenvalue weighted by Crippen LogP contribution is -2.47. The van der Waals surface area contributed by atoms with E-state index in [1.54, 1.807) is 62.1 Å². The van der Waals surface area contributed by atoms with Crippen LogP contribution in [-0.2, 0) is 27.1 Å². The zero-order valence-electron chi connectivity index (χ0n) is 28.8. The molecule has 0 aromatic heterocycles. The molecule has 0 aliphatic heterocycles. The van der Waals surface area contributed by atoms with E-state index >= 15 is 0 Å². The van der Waals surface area contributed by atoms with Crippen molar-refractivity contribution in [2.45, 2.75) is 84.2 Å². The van der Waals surface area contributed by atoms with Crippen LogP contribution in [0.5, 0.6) is 11.5 Å². The molecule has 1 aliphatic carbocycles. The number of benzene rings is 3. The van der Waals surface area contributed by atoms with Crippen molar-refractivity contribution < 1.29 is 38.4 Å². The molecule has 0 radical (unpaired) electrons. The van der Waals surface area contributed by atoms with Gasteiger partial charge in [0.05, 0.1) is 31.0 Å². The molecule has 258 valence electrons. The van der Waals surface area contributed by atoms with Crippen LogP contribution >= 0.6 is 11.6 Å². The summed E-state index contributed by atoms with van der Waals surface area (Å²) in [6.45, 7) is 10.7. The second kappa shape index (κ2) is 14.9. The molecule has 10 nitrogen and oxygen atoms in total. The van der Waals surface area contributed by atoms with Crippen molar-refractivity contribution in [1.82, 2.24) is 4.90 Å². The van der Waals surface area contributed by atoms with Crippen molar-refractivity contribution >= 4 is 35.4 Å². The van der Waals surface area contributed by atoms with Crippen molar-refractivity contribution in [1.29, 1.82) is 0 Å². The Hall–Kier alpha value is -4.28. The van der Waals surface area contributed by atoms with E-state index in [2.05, 4.69) is 0 Å². The molecule has 0 unspecified atom stereocenters. The van der Waals surface area contributed by atoms with E-state index in [1.165, 1.54) is 25.1 Å². The van der Waals surface area contributed by atoms with Gasteiger partial charge in [0.1, 0.15) is 22.7 Å². The molecule has 3 aromatic rings. The molecule has 0 heterocycles. The van der Waals surface area contributed by atoms with Crippen LogP contribution in [-0.4, -0.2) is 66.1 Å². The Morgan fingerprint density at radius 1 is 0.896 bits per heavy atom. The summed E-state index contributed by atoms with van der Waals surface area (Å²) in [5.41, 5.74) is 1.73. The van der Waals surface area contributed by atoms with Gasteiger partial charge in [0, 0.05) is 18.1 Å². The molecule has 4 rings (SSSR count). The number of aliphatic hydroxyl groups excluding tert-OH is 1. The van der Waals surface area contributed by atoms with Gasteiger partial charge in [-0.15, -0.1) is 0 Å². The third-order valence-corrected chi connectivity index (χ3v) is 7.92. The summed E-state index contributed by atoms with van der Waals surface area (Å²) in [6.07, 6.45) is -0.174. The largest absolute Gasteiger partial charge is 0.465 e. The molecule has 0 saturated heterocycles. The Balaban J connectivity index is 1.57. The third-order valence-electron chi connectivity index (χ3n) is 7.69. The predicted molar refractivity (Wildman–Crippen MR) is 184 cm³/mol. The number of carbonyl (C=O) groups excluding carboxylic acids is 3. The number of hydrogen-bond donors (Lipinski definition) is 1. The van der Waals surface area contributed by atoms with E-state index in [0.717, 1.165) is 11.1 Å². The van der Waals surface area contributed by atoms with Crippen molar-refractivity contribution in [3.05, 3.63) is 87.9 Å².